The summed E-state index contributed by atoms with van der Waals surface area (Å²) in [5.41, 5.74) is -0.121. The number of nitrogens with one attached hydrogen (secondary N) is 1. The average molecular weight is 256 g/mol. The third-order valence-electron chi connectivity index (χ3n) is 4.74. The van der Waals surface area contributed by atoms with E-state index in [1.54, 1.807) is 0 Å². The number of nitrogens with zero attached hydrogens (tertiary/aromatic N) is 1. The second-order valence-corrected chi connectivity index (χ2v) is 6.50. The molecule has 0 aromatic rings. The standard InChI is InChI=1S/C15H32N2O/c1-13(2)14-6-5-9-17(10-7-14)11-8-15(3,12-18)16-4/h13-14,16,18H,5-12H2,1-4H3. The molecule has 0 saturated carbocycles. The van der Waals surface area contributed by atoms with E-state index in [1.165, 1.54) is 32.4 Å². The monoisotopic (exact) mass is 256 g/mol. The van der Waals surface area contributed by atoms with E-state index in [-0.39, 0.29) is 12.1 Å². The van der Waals surface area contributed by atoms with Gasteiger partial charge in [-0.1, -0.05) is 13.8 Å². The van der Waals surface area contributed by atoms with Gasteiger partial charge < -0.3 is 15.3 Å². The van der Waals surface area contributed by atoms with Gasteiger partial charge in [0.15, 0.2) is 0 Å². The van der Waals surface area contributed by atoms with Crippen molar-refractivity contribution >= 4 is 0 Å². The number of hydrogen-bond acceptors (Lipinski definition) is 3. The molecule has 1 saturated heterocycles. The van der Waals surface area contributed by atoms with E-state index in [0.29, 0.717) is 0 Å². The highest BCUT2D eigenvalue weighted by Gasteiger charge is 2.24. The number of likely N-dealkylation sites (tertiary alicyclic amines) is 1. The highest BCUT2D eigenvalue weighted by atomic mass is 16.3. The molecule has 1 rings (SSSR count). The second kappa shape index (κ2) is 7.46. The SMILES string of the molecule is CNC(C)(CO)CCN1CCCC(C(C)C)CC1. The van der Waals surface area contributed by atoms with Crippen molar-refractivity contribution in [3.63, 3.8) is 0 Å². The largest absolute Gasteiger partial charge is 0.394 e. The first-order valence-electron chi connectivity index (χ1n) is 7.53. The van der Waals surface area contributed by atoms with Gasteiger partial charge in [0.1, 0.15) is 0 Å². The van der Waals surface area contributed by atoms with E-state index in [4.69, 9.17) is 0 Å². The predicted molar refractivity (Wildman–Crippen MR) is 77.8 cm³/mol. The summed E-state index contributed by atoms with van der Waals surface area (Å²) in [6, 6.07) is 0. The molecule has 1 fully saturated rings. The van der Waals surface area contributed by atoms with Crippen LogP contribution in [0.3, 0.4) is 0 Å². The van der Waals surface area contributed by atoms with Crippen molar-refractivity contribution in [2.24, 2.45) is 11.8 Å². The Hall–Kier alpha value is -0.120. The van der Waals surface area contributed by atoms with Crippen molar-refractivity contribution in [2.45, 2.75) is 52.0 Å². The topological polar surface area (TPSA) is 35.5 Å². The van der Waals surface area contributed by atoms with Crippen LogP contribution in [0.25, 0.3) is 0 Å². The number of likely N-dealkylation sites (N-methyl/N-ethyl adjacent to an activating group) is 1. The van der Waals surface area contributed by atoms with E-state index in [2.05, 4.69) is 31.0 Å². The van der Waals surface area contributed by atoms with Crippen LogP contribution < -0.4 is 5.32 Å². The van der Waals surface area contributed by atoms with Crippen LogP contribution in [0.5, 0.6) is 0 Å². The summed E-state index contributed by atoms with van der Waals surface area (Å²) >= 11 is 0. The summed E-state index contributed by atoms with van der Waals surface area (Å²) < 4.78 is 0. The van der Waals surface area contributed by atoms with Crippen LogP contribution >= 0.6 is 0 Å². The van der Waals surface area contributed by atoms with Crippen LogP contribution in [0.1, 0.15) is 46.5 Å². The molecular weight excluding hydrogens is 224 g/mol. The molecule has 0 radical (unpaired) electrons. The summed E-state index contributed by atoms with van der Waals surface area (Å²) in [6.45, 7) is 10.6. The molecule has 3 nitrogen and oxygen atoms in total. The van der Waals surface area contributed by atoms with Crippen LogP contribution in [-0.4, -0.2) is 48.8 Å². The van der Waals surface area contributed by atoms with Crippen LogP contribution in [-0.2, 0) is 0 Å². The maximum Gasteiger partial charge on any atom is 0.0610 e. The van der Waals surface area contributed by atoms with Crippen molar-refractivity contribution in [3.8, 4) is 0 Å². The minimum absolute atomic E-state index is 0.121. The van der Waals surface area contributed by atoms with Gasteiger partial charge in [0.05, 0.1) is 6.61 Å². The van der Waals surface area contributed by atoms with E-state index in [1.807, 2.05) is 7.05 Å². The molecule has 0 amide bonds. The lowest BCUT2D eigenvalue weighted by molar-refractivity contribution is 0.152. The first-order valence-corrected chi connectivity index (χ1v) is 7.53. The maximum atomic E-state index is 9.40. The summed E-state index contributed by atoms with van der Waals surface area (Å²) in [5, 5.41) is 12.6. The van der Waals surface area contributed by atoms with Crippen molar-refractivity contribution in [2.75, 3.05) is 33.3 Å². The molecule has 2 atom stereocenters. The first-order chi connectivity index (χ1) is 8.50. The van der Waals surface area contributed by atoms with Crippen LogP contribution in [0.2, 0.25) is 0 Å². The zero-order chi connectivity index (χ0) is 13.6. The average Bonchev–Trinajstić information content (AvgIpc) is 2.61. The predicted octanol–water partition coefficient (Wildman–Crippen LogP) is 2.10. The number of aliphatic hydroxyl groups is 1. The fourth-order valence-corrected chi connectivity index (χ4v) is 2.76. The number of hydrogen-bond donors (Lipinski definition) is 2. The van der Waals surface area contributed by atoms with Gasteiger partial charge in [0.25, 0.3) is 0 Å². The van der Waals surface area contributed by atoms with E-state index < -0.39 is 0 Å². The van der Waals surface area contributed by atoms with Crippen molar-refractivity contribution in [3.05, 3.63) is 0 Å². The van der Waals surface area contributed by atoms with Crippen LogP contribution in [0.4, 0.5) is 0 Å². The summed E-state index contributed by atoms with van der Waals surface area (Å²) in [6.07, 6.45) is 5.08. The molecule has 0 bridgehead atoms. The minimum atomic E-state index is -0.121. The maximum absolute atomic E-state index is 9.40. The molecule has 0 aliphatic carbocycles. The van der Waals surface area contributed by atoms with E-state index in [0.717, 1.165) is 24.8 Å². The Morgan fingerprint density at radius 2 is 2.06 bits per heavy atom. The van der Waals surface area contributed by atoms with Gasteiger partial charge in [-0.25, -0.2) is 0 Å². The van der Waals surface area contributed by atoms with E-state index >= 15 is 0 Å². The molecule has 0 aromatic carbocycles. The van der Waals surface area contributed by atoms with Crippen molar-refractivity contribution in [1.29, 1.82) is 0 Å². The minimum Gasteiger partial charge on any atom is -0.394 e. The molecule has 2 N–H and O–H groups in total. The van der Waals surface area contributed by atoms with Gasteiger partial charge in [0.2, 0.25) is 0 Å². The molecule has 0 spiro atoms. The Morgan fingerprint density at radius 1 is 1.33 bits per heavy atom. The first kappa shape index (κ1) is 15.9. The molecule has 3 heteroatoms. The molecule has 108 valence electrons. The third kappa shape index (κ3) is 4.87. The molecule has 2 unspecified atom stereocenters. The van der Waals surface area contributed by atoms with Gasteiger partial charge in [-0.3, -0.25) is 0 Å². The lowest BCUT2D eigenvalue weighted by Gasteiger charge is -2.30. The highest BCUT2D eigenvalue weighted by Crippen LogP contribution is 2.25. The van der Waals surface area contributed by atoms with Gasteiger partial charge >= 0.3 is 0 Å². The van der Waals surface area contributed by atoms with E-state index in [9.17, 15) is 5.11 Å². The quantitative estimate of drug-likeness (QED) is 0.764. The number of aliphatic hydroxyl groups excluding tert-OH is 1. The Labute approximate surface area is 113 Å². The molecular formula is C15H32N2O. The van der Waals surface area contributed by atoms with Crippen molar-refractivity contribution < 1.29 is 5.11 Å². The zero-order valence-electron chi connectivity index (χ0n) is 12.7. The fraction of sp³-hybridized carbons (Fsp3) is 1.00. The lowest BCUT2D eigenvalue weighted by Crippen LogP contribution is -2.46. The zero-order valence-corrected chi connectivity index (χ0v) is 12.7. The lowest BCUT2D eigenvalue weighted by atomic mass is 9.89. The van der Waals surface area contributed by atoms with Gasteiger partial charge in [0, 0.05) is 5.54 Å². The summed E-state index contributed by atoms with van der Waals surface area (Å²) in [5.74, 6) is 1.73. The van der Waals surface area contributed by atoms with Gasteiger partial charge in [-0.05, 0) is 71.1 Å². The molecule has 1 heterocycles. The molecule has 1 aliphatic heterocycles. The fourth-order valence-electron chi connectivity index (χ4n) is 2.76. The Kier molecular flexibility index (Phi) is 6.61. The second-order valence-electron chi connectivity index (χ2n) is 6.50. The summed E-state index contributed by atoms with van der Waals surface area (Å²) in [7, 11) is 1.94. The third-order valence-corrected chi connectivity index (χ3v) is 4.74. The number of rotatable bonds is 6. The highest BCUT2D eigenvalue weighted by molar-refractivity contribution is 4.82. The Bertz CT molecular complexity index is 227. The van der Waals surface area contributed by atoms with Gasteiger partial charge in [-0.2, -0.15) is 0 Å². The molecule has 18 heavy (non-hydrogen) atoms. The Balaban J connectivity index is 2.35. The van der Waals surface area contributed by atoms with Crippen molar-refractivity contribution in [1.82, 2.24) is 10.2 Å². The van der Waals surface area contributed by atoms with Gasteiger partial charge in [-0.15, -0.1) is 0 Å². The normalized spacial score (nSPS) is 26.0. The van der Waals surface area contributed by atoms with Crippen LogP contribution in [0, 0.1) is 11.8 Å². The smallest absolute Gasteiger partial charge is 0.0610 e. The molecule has 0 aromatic heterocycles. The van der Waals surface area contributed by atoms with Crippen LogP contribution in [0.15, 0.2) is 0 Å². The molecule has 1 aliphatic rings. The summed E-state index contributed by atoms with van der Waals surface area (Å²) in [4.78, 5) is 2.58. The Morgan fingerprint density at radius 3 is 2.61 bits per heavy atom.